The molecule has 1 aromatic heterocycles. The van der Waals surface area contributed by atoms with Gasteiger partial charge in [0.2, 0.25) is 11.8 Å². The number of amides is 3. The summed E-state index contributed by atoms with van der Waals surface area (Å²) in [6.45, 7) is 2.92. The molecule has 6 N–H and O–H groups in total. The van der Waals surface area contributed by atoms with E-state index in [4.69, 9.17) is 11.5 Å². The SMILES string of the molecule is CC(C)C(NC(=O)c1cnn(C)c1)C(=O)N1CCC[C@H]1C(=O)N[C@@H](CCCN=C(N)N)C(=O)CF. The van der Waals surface area contributed by atoms with Gasteiger partial charge < -0.3 is 27.0 Å². The van der Waals surface area contributed by atoms with Gasteiger partial charge in [0, 0.05) is 26.3 Å². The predicted octanol–water partition coefficient (Wildman–Crippen LogP) is -0.757. The number of nitrogens with two attached hydrogens (primary N) is 2. The number of halogens is 1. The normalized spacial score (nSPS) is 17.1. The lowest BCUT2D eigenvalue weighted by atomic mass is 10.0. The van der Waals surface area contributed by atoms with Gasteiger partial charge in [-0.25, -0.2) is 4.39 Å². The van der Waals surface area contributed by atoms with Crippen molar-refractivity contribution in [3.63, 3.8) is 0 Å². The number of nitrogens with zero attached hydrogens (tertiary/aromatic N) is 4. The smallest absolute Gasteiger partial charge is 0.255 e. The van der Waals surface area contributed by atoms with Gasteiger partial charge in [0.15, 0.2) is 11.7 Å². The third-order valence-electron chi connectivity index (χ3n) is 5.81. The first-order valence-electron chi connectivity index (χ1n) is 11.6. The Kier molecular flexibility index (Phi) is 10.2. The quantitative estimate of drug-likeness (QED) is 0.168. The second-order valence-electron chi connectivity index (χ2n) is 8.90. The van der Waals surface area contributed by atoms with Gasteiger partial charge in [-0.05, 0) is 31.6 Å². The van der Waals surface area contributed by atoms with Gasteiger partial charge in [-0.3, -0.25) is 28.9 Å². The van der Waals surface area contributed by atoms with Crippen LogP contribution < -0.4 is 22.1 Å². The predicted molar refractivity (Wildman–Crippen MR) is 127 cm³/mol. The Balaban J connectivity index is 2.08. The maximum Gasteiger partial charge on any atom is 0.255 e. The van der Waals surface area contributed by atoms with Crippen LogP contribution in [0.4, 0.5) is 4.39 Å². The molecule has 1 aliphatic rings. The second kappa shape index (κ2) is 12.8. The molecule has 3 atom stereocenters. The van der Waals surface area contributed by atoms with Gasteiger partial charge in [0.1, 0.15) is 18.8 Å². The first-order valence-corrected chi connectivity index (χ1v) is 11.6. The number of guanidine groups is 1. The van der Waals surface area contributed by atoms with Crippen LogP contribution in [0.1, 0.15) is 49.9 Å². The average Bonchev–Trinajstić information content (AvgIpc) is 3.47. The van der Waals surface area contributed by atoms with Crippen molar-refractivity contribution in [1.29, 1.82) is 0 Å². The maximum absolute atomic E-state index is 13.4. The molecule has 0 bridgehead atoms. The van der Waals surface area contributed by atoms with Crippen molar-refractivity contribution in [2.75, 3.05) is 19.8 Å². The molecule has 1 aromatic rings. The number of ketones is 1. The molecule has 0 saturated carbocycles. The highest BCUT2D eigenvalue weighted by Gasteiger charge is 2.39. The zero-order valence-corrected chi connectivity index (χ0v) is 20.4. The van der Waals surface area contributed by atoms with E-state index in [1.54, 1.807) is 27.1 Å². The monoisotopic (exact) mass is 494 g/mol. The molecule has 2 heterocycles. The summed E-state index contributed by atoms with van der Waals surface area (Å²) in [4.78, 5) is 56.3. The van der Waals surface area contributed by atoms with Gasteiger partial charge in [-0.15, -0.1) is 0 Å². The fraction of sp³-hybridized carbons (Fsp3) is 0.636. The summed E-state index contributed by atoms with van der Waals surface area (Å²) >= 11 is 0. The zero-order chi connectivity index (χ0) is 26.1. The van der Waals surface area contributed by atoms with E-state index in [0.29, 0.717) is 31.4 Å². The molecule has 3 amide bonds. The molecule has 0 spiro atoms. The molecule has 2 rings (SSSR count). The van der Waals surface area contributed by atoms with Crippen molar-refractivity contribution < 1.29 is 23.6 Å². The molecule has 1 fully saturated rings. The van der Waals surface area contributed by atoms with Crippen molar-refractivity contribution in [1.82, 2.24) is 25.3 Å². The van der Waals surface area contributed by atoms with Gasteiger partial charge in [0.25, 0.3) is 5.91 Å². The van der Waals surface area contributed by atoms with Crippen LogP contribution in [0.25, 0.3) is 0 Å². The Morgan fingerprint density at radius 2 is 1.97 bits per heavy atom. The molecular formula is C22H35FN8O4. The first kappa shape index (κ1) is 27.7. The summed E-state index contributed by atoms with van der Waals surface area (Å²) in [5.74, 6) is -2.48. The topological polar surface area (TPSA) is 178 Å². The summed E-state index contributed by atoms with van der Waals surface area (Å²) in [6, 6.07) is -2.74. The van der Waals surface area contributed by atoms with E-state index < -0.39 is 48.3 Å². The number of Topliss-reactive ketones (excluding diaryl/α,β-unsaturated/α-hetero) is 1. The largest absolute Gasteiger partial charge is 0.370 e. The fourth-order valence-corrected chi connectivity index (χ4v) is 3.94. The van der Waals surface area contributed by atoms with E-state index in [1.807, 2.05) is 0 Å². The van der Waals surface area contributed by atoms with E-state index in [-0.39, 0.29) is 24.8 Å². The number of aromatic nitrogens is 2. The van der Waals surface area contributed by atoms with Crippen LogP contribution in [-0.2, 0) is 21.4 Å². The highest BCUT2D eigenvalue weighted by Crippen LogP contribution is 2.21. The highest BCUT2D eigenvalue weighted by atomic mass is 19.1. The van der Waals surface area contributed by atoms with E-state index in [2.05, 4.69) is 20.7 Å². The maximum atomic E-state index is 13.4. The van der Waals surface area contributed by atoms with Crippen molar-refractivity contribution in [2.24, 2.45) is 29.4 Å². The zero-order valence-electron chi connectivity index (χ0n) is 20.4. The molecule has 13 heteroatoms. The highest BCUT2D eigenvalue weighted by molar-refractivity contribution is 5.99. The Bertz CT molecular complexity index is 944. The minimum atomic E-state index is -1.23. The number of aliphatic imine (C=N–C) groups is 1. The Labute approximate surface area is 203 Å². The molecular weight excluding hydrogens is 459 g/mol. The lowest BCUT2D eigenvalue weighted by Gasteiger charge is -2.31. The summed E-state index contributed by atoms with van der Waals surface area (Å²) in [6.07, 6.45) is 4.43. The van der Waals surface area contributed by atoms with Crippen LogP contribution in [0.2, 0.25) is 0 Å². The number of carbonyl (C=O) groups excluding carboxylic acids is 4. The minimum Gasteiger partial charge on any atom is -0.370 e. The molecule has 0 aromatic carbocycles. The first-order chi connectivity index (χ1) is 16.5. The Morgan fingerprint density at radius 1 is 1.26 bits per heavy atom. The third kappa shape index (κ3) is 7.76. The van der Waals surface area contributed by atoms with Gasteiger partial charge in [-0.1, -0.05) is 13.8 Å². The van der Waals surface area contributed by atoms with E-state index in [9.17, 15) is 23.6 Å². The number of hydrogen-bond donors (Lipinski definition) is 4. The Morgan fingerprint density at radius 3 is 2.54 bits per heavy atom. The lowest BCUT2D eigenvalue weighted by molar-refractivity contribution is -0.141. The molecule has 12 nitrogen and oxygen atoms in total. The van der Waals surface area contributed by atoms with Gasteiger partial charge in [0.05, 0.1) is 17.8 Å². The molecule has 35 heavy (non-hydrogen) atoms. The molecule has 194 valence electrons. The molecule has 0 aliphatic carbocycles. The lowest BCUT2D eigenvalue weighted by Crippen LogP contribution is -2.56. The molecule has 1 aliphatic heterocycles. The van der Waals surface area contributed by atoms with Crippen molar-refractivity contribution >= 4 is 29.5 Å². The van der Waals surface area contributed by atoms with Crippen molar-refractivity contribution in [2.45, 2.75) is 57.7 Å². The minimum absolute atomic E-state index is 0.0992. The summed E-state index contributed by atoms with van der Waals surface area (Å²) in [5.41, 5.74) is 10.9. The van der Waals surface area contributed by atoms with Crippen LogP contribution in [0.15, 0.2) is 17.4 Å². The van der Waals surface area contributed by atoms with Crippen molar-refractivity contribution in [3.05, 3.63) is 18.0 Å². The third-order valence-corrected chi connectivity index (χ3v) is 5.81. The number of rotatable bonds is 12. The summed E-state index contributed by atoms with van der Waals surface area (Å²) in [5, 5.41) is 9.30. The molecule has 1 unspecified atom stereocenters. The number of carbonyl (C=O) groups is 4. The fourth-order valence-electron chi connectivity index (χ4n) is 3.94. The molecule has 0 radical (unpaired) electrons. The van der Waals surface area contributed by atoms with Crippen LogP contribution in [-0.4, -0.2) is 82.0 Å². The number of aryl methyl sites for hydroxylation is 1. The van der Waals surface area contributed by atoms with Gasteiger partial charge in [-0.2, -0.15) is 5.10 Å². The van der Waals surface area contributed by atoms with Crippen LogP contribution in [0.3, 0.4) is 0 Å². The van der Waals surface area contributed by atoms with Crippen LogP contribution >= 0.6 is 0 Å². The van der Waals surface area contributed by atoms with Crippen LogP contribution in [0, 0.1) is 5.92 Å². The van der Waals surface area contributed by atoms with Crippen molar-refractivity contribution in [3.8, 4) is 0 Å². The number of nitrogens with one attached hydrogen (secondary N) is 2. The van der Waals surface area contributed by atoms with E-state index >= 15 is 0 Å². The van der Waals surface area contributed by atoms with E-state index in [1.165, 1.54) is 15.8 Å². The second-order valence-corrected chi connectivity index (χ2v) is 8.90. The standard InChI is InChI=1S/C22H35FN8O4/c1-13(2)18(29-19(33)14-11-27-30(3)12-14)21(35)31-9-5-7-16(31)20(34)28-15(17(32)10-23)6-4-8-26-22(24)25/h11-13,15-16,18H,4-10H2,1-3H3,(H,28,34)(H,29,33)(H4,24,25,26)/t15-,16-,18?/m0/s1. The number of alkyl halides is 1. The van der Waals surface area contributed by atoms with E-state index in [0.717, 1.165) is 0 Å². The number of hydrogen-bond acceptors (Lipinski definition) is 6. The Hall–Kier alpha value is -3.51. The summed E-state index contributed by atoms with van der Waals surface area (Å²) in [7, 11) is 1.68. The summed E-state index contributed by atoms with van der Waals surface area (Å²) < 4.78 is 14.6. The van der Waals surface area contributed by atoms with Gasteiger partial charge >= 0.3 is 0 Å². The molecule has 1 saturated heterocycles. The van der Waals surface area contributed by atoms with Crippen LogP contribution in [0.5, 0.6) is 0 Å². The number of likely N-dealkylation sites (tertiary alicyclic amines) is 1. The average molecular weight is 495 g/mol.